The highest BCUT2D eigenvalue weighted by Crippen LogP contribution is 2.38. The number of piperazine rings is 1. The first-order chi connectivity index (χ1) is 12.6. The SMILES string of the molecule is Cc1nnc(SCC(=O)N2CCN(c3ccccc3Cl)CC2)n1C1CC1. The number of rotatable bonds is 5. The lowest BCUT2D eigenvalue weighted by molar-refractivity contribution is -0.128. The van der Waals surface area contributed by atoms with E-state index in [9.17, 15) is 4.79 Å². The molecule has 2 aromatic rings. The fourth-order valence-corrected chi connectivity index (χ4v) is 4.53. The van der Waals surface area contributed by atoms with Crippen molar-refractivity contribution < 1.29 is 4.79 Å². The van der Waals surface area contributed by atoms with Crippen molar-refractivity contribution >= 4 is 35.0 Å². The van der Waals surface area contributed by atoms with Crippen LogP contribution in [-0.4, -0.2) is 57.5 Å². The number of aromatic nitrogens is 3. The molecule has 0 unspecified atom stereocenters. The van der Waals surface area contributed by atoms with Crippen LogP contribution in [0.15, 0.2) is 29.4 Å². The Labute approximate surface area is 162 Å². The summed E-state index contributed by atoms with van der Waals surface area (Å²) in [4.78, 5) is 16.8. The van der Waals surface area contributed by atoms with Gasteiger partial charge in [-0.2, -0.15) is 0 Å². The van der Waals surface area contributed by atoms with E-state index in [1.807, 2.05) is 36.1 Å². The molecule has 0 spiro atoms. The summed E-state index contributed by atoms with van der Waals surface area (Å²) in [6.45, 7) is 5.03. The molecule has 2 heterocycles. The first kappa shape index (κ1) is 17.7. The number of para-hydroxylation sites is 1. The minimum absolute atomic E-state index is 0.164. The molecule has 1 aliphatic heterocycles. The molecule has 2 aliphatic rings. The van der Waals surface area contributed by atoms with Crippen molar-refractivity contribution in [2.24, 2.45) is 0 Å². The average molecular weight is 392 g/mol. The molecule has 1 saturated carbocycles. The van der Waals surface area contributed by atoms with E-state index >= 15 is 0 Å². The second-order valence-corrected chi connectivity index (χ2v) is 8.09. The Morgan fingerprint density at radius 3 is 2.62 bits per heavy atom. The summed E-state index contributed by atoms with van der Waals surface area (Å²) in [5, 5.41) is 10.0. The molecule has 2 fully saturated rings. The van der Waals surface area contributed by atoms with E-state index in [4.69, 9.17) is 11.6 Å². The van der Waals surface area contributed by atoms with Crippen LogP contribution in [0.5, 0.6) is 0 Å². The summed E-state index contributed by atoms with van der Waals surface area (Å²) in [6, 6.07) is 8.39. The minimum atomic E-state index is 0.164. The van der Waals surface area contributed by atoms with Crippen molar-refractivity contribution in [3.8, 4) is 0 Å². The van der Waals surface area contributed by atoms with E-state index < -0.39 is 0 Å². The number of carbonyl (C=O) groups is 1. The molecule has 1 aromatic carbocycles. The van der Waals surface area contributed by atoms with Gasteiger partial charge in [-0.05, 0) is 31.9 Å². The monoisotopic (exact) mass is 391 g/mol. The third-order valence-electron chi connectivity index (χ3n) is 4.90. The number of carbonyl (C=O) groups excluding carboxylic acids is 1. The van der Waals surface area contributed by atoms with Crippen molar-refractivity contribution in [1.29, 1.82) is 0 Å². The maximum Gasteiger partial charge on any atom is 0.233 e. The highest BCUT2D eigenvalue weighted by molar-refractivity contribution is 7.99. The number of amides is 1. The predicted octanol–water partition coefficient (Wildman–Crippen LogP) is 3.02. The Kier molecular flexibility index (Phi) is 5.09. The van der Waals surface area contributed by atoms with Crippen LogP contribution in [0.3, 0.4) is 0 Å². The predicted molar refractivity (Wildman–Crippen MR) is 104 cm³/mol. The third kappa shape index (κ3) is 3.69. The van der Waals surface area contributed by atoms with E-state index in [0.29, 0.717) is 11.8 Å². The van der Waals surface area contributed by atoms with Gasteiger partial charge in [0.2, 0.25) is 5.91 Å². The molecule has 6 nitrogen and oxygen atoms in total. The topological polar surface area (TPSA) is 54.3 Å². The number of nitrogens with zero attached hydrogens (tertiary/aromatic N) is 5. The second-order valence-electron chi connectivity index (χ2n) is 6.74. The van der Waals surface area contributed by atoms with Crippen molar-refractivity contribution in [1.82, 2.24) is 19.7 Å². The third-order valence-corrected chi connectivity index (χ3v) is 6.14. The minimum Gasteiger partial charge on any atom is -0.367 e. The van der Waals surface area contributed by atoms with Gasteiger partial charge in [-0.3, -0.25) is 4.79 Å². The van der Waals surface area contributed by atoms with Crippen molar-refractivity contribution in [2.75, 3.05) is 36.8 Å². The van der Waals surface area contributed by atoms with Gasteiger partial charge < -0.3 is 14.4 Å². The molecule has 138 valence electrons. The average Bonchev–Trinajstić information content (AvgIpc) is 3.43. The van der Waals surface area contributed by atoms with Gasteiger partial charge in [0.05, 0.1) is 16.5 Å². The number of halogens is 1. The largest absolute Gasteiger partial charge is 0.367 e. The van der Waals surface area contributed by atoms with Gasteiger partial charge in [0.1, 0.15) is 5.82 Å². The summed E-state index contributed by atoms with van der Waals surface area (Å²) < 4.78 is 2.17. The lowest BCUT2D eigenvalue weighted by atomic mass is 10.2. The maximum atomic E-state index is 12.6. The van der Waals surface area contributed by atoms with Crippen molar-refractivity contribution in [3.63, 3.8) is 0 Å². The van der Waals surface area contributed by atoms with E-state index in [1.165, 1.54) is 24.6 Å². The molecule has 4 rings (SSSR count). The fraction of sp³-hybridized carbons (Fsp3) is 0.500. The molecule has 0 atom stereocenters. The van der Waals surface area contributed by atoms with Gasteiger partial charge in [0.15, 0.2) is 5.16 Å². The standard InChI is InChI=1S/C18H22ClN5OS/c1-13-20-21-18(24(13)14-6-7-14)26-12-17(25)23-10-8-22(9-11-23)16-5-3-2-4-15(16)19/h2-5,14H,6-12H2,1H3. The van der Waals surface area contributed by atoms with Crippen LogP contribution < -0.4 is 4.90 Å². The Balaban J connectivity index is 1.31. The molecular formula is C18H22ClN5OS. The normalized spacial score (nSPS) is 17.6. The van der Waals surface area contributed by atoms with Gasteiger partial charge in [0, 0.05) is 32.2 Å². The molecule has 8 heteroatoms. The number of anilines is 1. The van der Waals surface area contributed by atoms with Gasteiger partial charge in [-0.1, -0.05) is 35.5 Å². The number of aryl methyl sites for hydroxylation is 1. The Hall–Kier alpha value is -1.73. The van der Waals surface area contributed by atoms with Crippen LogP contribution in [0.25, 0.3) is 0 Å². The van der Waals surface area contributed by atoms with Crippen LogP contribution >= 0.6 is 23.4 Å². The zero-order valence-electron chi connectivity index (χ0n) is 14.8. The maximum absolute atomic E-state index is 12.6. The highest BCUT2D eigenvalue weighted by Gasteiger charge is 2.29. The number of benzene rings is 1. The van der Waals surface area contributed by atoms with Gasteiger partial charge in [-0.25, -0.2) is 0 Å². The van der Waals surface area contributed by atoms with Crippen LogP contribution in [-0.2, 0) is 4.79 Å². The summed E-state index contributed by atoms with van der Waals surface area (Å²) in [5.41, 5.74) is 1.05. The Morgan fingerprint density at radius 2 is 1.92 bits per heavy atom. The van der Waals surface area contributed by atoms with Crippen LogP contribution in [0, 0.1) is 6.92 Å². The van der Waals surface area contributed by atoms with Gasteiger partial charge >= 0.3 is 0 Å². The highest BCUT2D eigenvalue weighted by atomic mass is 35.5. The molecule has 0 radical (unpaired) electrons. The fourth-order valence-electron chi connectivity index (χ4n) is 3.32. The van der Waals surface area contributed by atoms with E-state index in [0.717, 1.165) is 47.9 Å². The number of hydrogen-bond donors (Lipinski definition) is 0. The molecule has 1 amide bonds. The van der Waals surface area contributed by atoms with Crippen LogP contribution in [0.2, 0.25) is 5.02 Å². The zero-order valence-corrected chi connectivity index (χ0v) is 16.3. The number of thioether (sulfide) groups is 1. The molecular weight excluding hydrogens is 370 g/mol. The quantitative estimate of drug-likeness (QED) is 0.733. The lowest BCUT2D eigenvalue weighted by Crippen LogP contribution is -2.49. The first-order valence-electron chi connectivity index (χ1n) is 8.95. The molecule has 1 saturated heterocycles. The van der Waals surface area contributed by atoms with Crippen LogP contribution in [0.4, 0.5) is 5.69 Å². The summed E-state index contributed by atoms with van der Waals surface area (Å²) >= 11 is 7.78. The molecule has 1 aromatic heterocycles. The Bertz CT molecular complexity index is 799. The first-order valence-corrected chi connectivity index (χ1v) is 10.3. The van der Waals surface area contributed by atoms with Crippen molar-refractivity contribution in [2.45, 2.75) is 31.0 Å². The van der Waals surface area contributed by atoms with Gasteiger partial charge in [-0.15, -0.1) is 10.2 Å². The smallest absolute Gasteiger partial charge is 0.233 e. The van der Waals surface area contributed by atoms with Crippen molar-refractivity contribution in [3.05, 3.63) is 35.1 Å². The summed E-state index contributed by atoms with van der Waals surface area (Å²) in [6.07, 6.45) is 2.37. The second kappa shape index (κ2) is 7.48. The van der Waals surface area contributed by atoms with Gasteiger partial charge in [0.25, 0.3) is 0 Å². The molecule has 0 N–H and O–H groups in total. The lowest BCUT2D eigenvalue weighted by Gasteiger charge is -2.36. The summed E-state index contributed by atoms with van der Waals surface area (Å²) in [5.74, 6) is 1.52. The molecule has 0 bridgehead atoms. The molecule has 1 aliphatic carbocycles. The van der Waals surface area contributed by atoms with E-state index in [2.05, 4.69) is 19.7 Å². The summed E-state index contributed by atoms with van der Waals surface area (Å²) in [7, 11) is 0. The van der Waals surface area contributed by atoms with Crippen LogP contribution in [0.1, 0.15) is 24.7 Å². The van der Waals surface area contributed by atoms with E-state index in [1.54, 1.807) is 0 Å². The molecule has 26 heavy (non-hydrogen) atoms. The number of hydrogen-bond acceptors (Lipinski definition) is 5. The van der Waals surface area contributed by atoms with E-state index in [-0.39, 0.29) is 5.91 Å². The Morgan fingerprint density at radius 1 is 1.19 bits per heavy atom. The zero-order chi connectivity index (χ0) is 18.1.